The zero-order valence-electron chi connectivity index (χ0n) is 13.5. The Bertz CT molecular complexity index is 538. The molecule has 0 bridgehead atoms. The molecule has 1 saturated carbocycles. The van der Waals surface area contributed by atoms with E-state index < -0.39 is 5.97 Å². The van der Waals surface area contributed by atoms with E-state index in [0.717, 1.165) is 13.0 Å². The number of benzene rings is 1. The van der Waals surface area contributed by atoms with Gasteiger partial charge in [-0.15, -0.1) is 0 Å². The molecule has 22 heavy (non-hydrogen) atoms. The summed E-state index contributed by atoms with van der Waals surface area (Å²) in [5.41, 5.74) is 2.50. The van der Waals surface area contributed by atoms with Crippen molar-refractivity contribution in [3.63, 3.8) is 0 Å². The molecule has 2 atom stereocenters. The third-order valence-electron chi connectivity index (χ3n) is 5.23. The van der Waals surface area contributed by atoms with E-state index in [1.807, 2.05) is 0 Å². The molecule has 4 heteroatoms. The number of rotatable bonds is 5. The van der Waals surface area contributed by atoms with Crippen LogP contribution in [0.2, 0.25) is 0 Å². The first kappa shape index (κ1) is 15.5. The molecule has 1 N–H and O–H groups in total. The lowest BCUT2D eigenvalue weighted by atomic mass is 10.0. The Morgan fingerprint density at radius 2 is 2.09 bits per heavy atom. The summed E-state index contributed by atoms with van der Waals surface area (Å²) in [6, 6.07) is 9.18. The smallest absolute Gasteiger partial charge is 0.307 e. The number of nitrogens with zero attached hydrogens (tertiary/aromatic N) is 2. The number of carboxylic acids is 1. The molecular weight excluding hydrogens is 276 g/mol. The van der Waals surface area contributed by atoms with Crippen LogP contribution in [0.5, 0.6) is 0 Å². The first-order chi connectivity index (χ1) is 10.5. The van der Waals surface area contributed by atoms with Crippen molar-refractivity contribution in [2.45, 2.75) is 37.8 Å². The zero-order chi connectivity index (χ0) is 15.7. The van der Waals surface area contributed by atoms with Crippen LogP contribution in [0.15, 0.2) is 24.3 Å². The highest BCUT2D eigenvalue weighted by Crippen LogP contribution is 2.47. The Kier molecular flexibility index (Phi) is 4.50. The molecular formula is C18H26N2O2. The van der Waals surface area contributed by atoms with Crippen molar-refractivity contribution in [3.05, 3.63) is 35.4 Å². The summed E-state index contributed by atoms with van der Waals surface area (Å²) in [4.78, 5) is 15.9. The lowest BCUT2D eigenvalue weighted by molar-refractivity contribution is -0.138. The molecule has 1 aromatic carbocycles. The van der Waals surface area contributed by atoms with Crippen molar-refractivity contribution in [1.29, 1.82) is 0 Å². The average Bonchev–Trinajstić information content (AvgIpc) is 3.29. The molecule has 2 fully saturated rings. The van der Waals surface area contributed by atoms with E-state index in [1.165, 1.54) is 37.1 Å². The second-order valence-corrected chi connectivity index (χ2v) is 6.98. The van der Waals surface area contributed by atoms with Gasteiger partial charge in [0.25, 0.3) is 0 Å². The van der Waals surface area contributed by atoms with Gasteiger partial charge in [-0.1, -0.05) is 24.3 Å². The second-order valence-electron chi connectivity index (χ2n) is 6.98. The number of carbonyl (C=O) groups is 1. The highest BCUT2D eigenvalue weighted by atomic mass is 16.4. The van der Waals surface area contributed by atoms with E-state index in [1.54, 1.807) is 0 Å². The number of piperidine rings is 1. The van der Waals surface area contributed by atoms with Gasteiger partial charge in [0.05, 0.1) is 5.92 Å². The van der Waals surface area contributed by atoms with Crippen molar-refractivity contribution in [3.8, 4) is 0 Å². The maximum absolute atomic E-state index is 11.0. The molecule has 120 valence electrons. The van der Waals surface area contributed by atoms with Gasteiger partial charge in [0.15, 0.2) is 0 Å². The molecule has 1 saturated heterocycles. The predicted octanol–water partition coefficient (Wildman–Crippen LogP) is 2.40. The maximum Gasteiger partial charge on any atom is 0.307 e. The van der Waals surface area contributed by atoms with Gasteiger partial charge in [0.1, 0.15) is 0 Å². The van der Waals surface area contributed by atoms with E-state index in [0.29, 0.717) is 6.04 Å². The van der Waals surface area contributed by atoms with Crippen molar-refractivity contribution in [2.75, 3.05) is 27.2 Å². The normalized spacial score (nSPS) is 26.3. The Hall–Kier alpha value is -1.39. The SMILES string of the molecule is CN1CCC(N(C)Cc2cccc(C3CC3C(=O)O)c2)CC1. The summed E-state index contributed by atoms with van der Waals surface area (Å²) in [6.07, 6.45) is 3.26. The lowest BCUT2D eigenvalue weighted by Crippen LogP contribution is -2.41. The summed E-state index contributed by atoms with van der Waals surface area (Å²) in [5.74, 6) is -0.591. The van der Waals surface area contributed by atoms with E-state index in [2.05, 4.69) is 48.2 Å². The summed E-state index contributed by atoms with van der Waals surface area (Å²) in [6.45, 7) is 3.31. The Labute approximate surface area is 132 Å². The summed E-state index contributed by atoms with van der Waals surface area (Å²) >= 11 is 0. The van der Waals surface area contributed by atoms with Crippen LogP contribution in [0.4, 0.5) is 0 Å². The van der Waals surface area contributed by atoms with Gasteiger partial charge in [-0.3, -0.25) is 9.69 Å². The largest absolute Gasteiger partial charge is 0.481 e. The third-order valence-corrected chi connectivity index (χ3v) is 5.23. The van der Waals surface area contributed by atoms with Gasteiger partial charge in [-0.2, -0.15) is 0 Å². The Morgan fingerprint density at radius 1 is 1.36 bits per heavy atom. The zero-order valence-corrected chi connectivity index (χ0v) is 13.5. The molecule has 0 aromatic heterocycles. The topological polar surface area (TPSA) is 43.8 Å². The number of carboxylic acid groups (broad SMARTS) is 1. The van der Waals surface area contributed by atoms with Crippen molar-refractivity contribution in [2.24, 2.45) is 5.92 Å². The third kappa shape index (κ3) is 3.50. The minimum atomic E-state index is -0.654. The fourth-order valence-electron chi connectivity index (χ4n) is 3.61. The summed E-state index contributed by atoms with van der Waals surface area (Å²) in [5, 5.41) is 9.08. The van der Waals surface area contributed by atoms with E-state index in [-0.39, 0.29) is 11.8 Å². The minimum Gasteiger partial charge on any atom is -0.481 e. The number of hydrogen-bond acceptors (Lipinski definition) is 3. The summed E-state index contributed by atoms with van der Waals surface area (Å²) in [7, 11) is 4.40. The van der Waals surface area contributed by atoms with Crippen molar-refractivity contribution < 1.29 is 9.90 Å². The van der Waals surface area contributed by atoms with Crippen LogP contribution in [0, 0.1) is 5.92 Å². The predicted molar refractivity (Wildman–Crippen MR) is 86.9 cm³/mol. The molecule has 0 spiro atoms. The van der Waals surface area contributed by atoms with Gasteiger partial charge in [0.2, 0.25) is 0 Å². The fourth-order valence-corrected chi connectivity index (χ4v) is 3.61. The van der Waals surface area contributed by atoms with Crippen LogP contribution in [-0.2, 0) is 11.3 Å². The van der Waals surface area contributed by atoms with Gasteiger partial charge < -0.3 is 10.0 Å². The van der Waals surface area contributed by atoms with Crippen LogP contribution >= 0.6 is 0 Å². The quantitative estimate of drug-likeness (QED) is 0.907. The second kappa shape index (κ2) is 6.39. The maximum atomic E-state index is 11.0. The van der Waals surface area contributed by atoms with E-state index >= 15 is 0 Å². The first-order valence-corrected chi connectivity index (χ1v) is 8.25. The van der Waals surface area contributed by atoms with Gasteiger partial charge in [0, 0.05) is 12.6 Å². The number of likely N-dealkylation sites (tertiary alicyclic amines) is 1. The average molecular weight is 302 g/mol. The van der Waals surface area contributed by atoms with Crippen LogP contribution in [-0.4, -0.2) is 54.1 Å². The molecule has 2 unspecified atom stereocenters. The minimum absolute atomic E-state index is 0.165. The van der Waals surface area contributed by atoms with Crippen LogP contribution in [0.3, 0.4) is 0 Å². The first-order valence-electron chi connectivity index (χ1n) is 8.25. The van der Waals surface area contributed by atoms with Gasteiger partial charge in [-0.25, -0.2) is 0 Å². The standard InChI is InChI=1S/C18H26N2O2/c1-19-8-6-15(7-9-19)20(2)12-13-4-3-5-14(10-13)16-11-17(16)18(21)22/h3-5,10,15-17H,6-9,11-12H2,1-2H3,(H,21,22). The van der Waals surface area contributed by atoms with E-state index in [9.17, 15) is 4.79 Å². The molecule has 3 rings (SSSR count). The number of hydrogen-bond donors (Lipinski definition) is 1. The summed E-state index contributed by atoms with van der Waals surface area (Å²) < 4.78 is 0. The van der Waals surface area contributed by atoms with Crippen LogP contribution in [0.25, 0.3) is 0 Å². The lowest BCUT2D eigenvalue weighted by Gasteiger charge is -2.35. The highest BCUT2D eigenvalue weighted by Gasteiger charge is 2.44. The molecule has 2 aliphatic rings. The van der Waals surface area contributed by atoms with Crippen molar-refractivity contribution in [1.82, 2.24) is 9.80 Å². The van der Waals surface area contributed by atoms with Gasteiger partial charge in [-0.05, 0) is 63.5 Å². The molecule has 0 amide bonds. The Balaban J connectivity index is 1.60. The molecule has 0 radical (unpaired) electrons. The van der Waals surface area contributed by atoms with Gasteiger partial charge >= 0.3 is 5.97 Å². The van der Waals surface area contributed by atoms with Crippen molar-refractivity contribution >= 4 is 5.97 Å². The molecule has 1 aromatic rings. The fraction of sp³-hybridized carbons (Fsp3) is 0.611. The Morgan fingerprint density at radius 3 is 2.73 bits per heavy atom. The molecule has 4 nitrogen and oxygen atoms in total. The van der Waals surface area contributed by atoms with Crippen LogP contribution in [0.1, 0.15) is 36.3 Å². The van der Waals surface area contributed by atoms with E-state index in [4.69, 9.17) is 5.11 Å². The molecule has 1 heterocycles. The number of aliphatic carboxylic acids is 1. The monoisotopic (exact) mass is 302 g/mol. The molecule has 1 aliphatic heterocycles. The molecule has 1 aliphatic carbocycles. The van der Waals surface area contributed by atoms with Crippen LogP contribution < -0.4 is 0 Å². The highest BCUT2D eigenvalue weighted by molar-refractivity contribution is 5.75.